The molecule has 0 bridgehead atoms. The first-order valence-corrected chi connectivity index (χ1v) is 5.91. The van der Waals surface area contributed by atoms with E-state index in [-0.39, 0.29) is 0 Å². The summed E-state index contributed by atoms with van der Waals surface area (Å²) in [7, 11) is 0. The number of nitrogens with one attached hydrogen (secondary N) is 1. The molecule has 1 saturated carbocycles. The third-order valence-corrected chi connectivity index (χ3v) is 3.07. The van der Waals surface area contributed by atoms with Crippen molar-refractivity contribution in [3.8, 4) is 0 Å². The van der Waals surface area contributed by atoms with Crippen LogP contribution in [0.25, 0.3) is 10.9 Å². The molecule has 0 spiro atoms. The highest BCUT2D eigenvalue weighted by molar-refractivity contribution is 5.79. The fourth-order valence-corrected chi connectivity index (χ4v) is 1.94. The van der Waals surface area contributed by atoms with Gasteiger partial charge in [0.2, 0.25) is 0 Å². The minimum absolute atomic E-state index is 0.770. The van der Waals surface area contributed by atoms with E-state index >= 15 is 0 Å². The van der Waals surface area contributed by atoms with E-state index in [2.05, 4.69) is 40.6 Å². The van der Waals surface area contributed by atoms with Crippen LogP contribution in [0.1, 0.15) is 24.1 Å². The second-order valence-corrected chi connectivity index (χ2v) is 4.63. The number of nitrogens with zero attached hydrogens (tertiary/aromatic N) is 1. The normalized spacial score (nSPS) is 15.6. The summed E-state index contributed by atoms with van der Waals surface area (Å²) >= 11 is 0. The average molecular weight is 212 g/mol. The van der Waals surface area contributed by atoms with E-state index in [4.69, 9.17) is 0 Å². The van der Waals surface area contributed by atoms with Crippen LogP contribution < -0.4 is 5.32 Å². The molecule has 16 heavy (non-hydrogen) atoms. The van der Waals surface area contributed by atoms with E-state index < -0.39 is 0 Å². The van der Waals surface area contributed by atoms with Gasteiger partial charge in [0.25, 0.3) is 0 Å². The van der Waals surface area contributed by atoms with E-state index in [0.717, 1.165) is 23.8 Å². The highest BCUT2D eigenvalue weighted by Crippen LogP contribution is 2.20. The smallest absolute Gasteiger partial charge is 0.0705 e. The van der Waals surface area contributed by atoms with Crippen LogP contribution in [-0.4, -0.2) is 11.0 Å². The second kappa shape index (κ2) is 3.87. The molecule has 0 saturated heterocycles. The van der Waals surface area contributed by atoms with Crippen LogP contribution in [0.3, 0.4) is 0 Å². The van der Waals surface area contributed by atoms with Gasteiger partial charge in [-0.15, -0.1) is 0 Å². The molecule has 0 atom stereocenters. The Morgan fingerprint density at radius 1 is 1.25 bits per heavy atom. The highest BCUT2D eigenvalue weighted by Gasteiger charge is 2.19. The Kier molecular flexibility index (Phi) is 2.37. The molecule has 2 heteroatoms. The number of hydrogen-bond donors (Lipinski definition) is 1. The number of aromatic nitrogens is 1. The van der Waals surface area contributed by atoms with Crippen molar-refractivity contribution < 1.29 is 0 Å². The van der Waals surface area contributed by atoms with Crippen molar-refractivity contribution >= 4 is 10.9 Å². The first kappa shape index (κ1) is 9.79. The Balaban J connectivity index is 1.86. The lowest BCUT2D eigenvalue weighted by atomic mass is 10.1. The number of benzene rings is 1. The maximum Gasteiger partial charge on any atom is 0.0705 e. The molecular weight excluding hydrogens is 196 g/mol. The molecule has 1 N–H and O–H groups in total. The maximum absolute atomic E-state index is 4.50. The fourth-order valence-electron chi connectivity index (χ4n) is 1.94. The standard InChI is InChI=1S/C14H16N2/c1-10-2-4-12-8-11(3-7-14(12)16-10)9-15-13-5-6-13/h2-4,7-8,13,15H,5-6,9H2,1H3. The third kappa shape index (κ3) is 2.07. The summed E-state index contributed by atoms with van der Waals surface area (Å²) < 4.78 is 0. The minimum Gasteiger partial charge on any atom is -0.310 e. The van der Waals surface area contributed by atoms with E-state index in [1.165, 1.54) is 23.8 Å². The predicted octanol–water partition coefficient (Wildman–Crippen LogP) is 2.80. The molecule has 0 unspecified atom stereocenters. The molecule has 0 aliphatic heterocycles. The van der Waals surface area contributed by atoms with E-state index in [1.54, 1.807) is 0 Å². The predicted molar refractivity (Wildman–Crippen MR) is 66.3 cm³/mol. The SMILES string of the molecule is Cc1ccc2cc(CNC3CC3)ccc2n1. The molecule has 1 fully saturated rings. The molecule has 1 aliphatic carbocycles. The maximum atomic E-state index is 4.50. The third-order valence-electron chi connectivity index (χ3n) is 3.07. The lowest BCUT2D eigenvalue weighted by Crippen LogP contribution is -2.15. The monoisotopic (exact) mass is 212 g/mol. The van der Waals surface area contributed by atoms with Gasteiger partial charge in [0.1, 0.15) is 0 Å². The summed E-state index contributed by atoms with van der Waals surface area (Å²) in [5.74, 6) is 0. The number of hydrogen-bond acceptors (Lipinski definition) is 2. The number of fused-ring (bicyclic) bond motifs is 1. The molecule has 1 aromatic heterocycles. The topological polar surface area (TPSA) is 24.9 Å². The number of rotatable bonds is 3. The quantitative estimate of drug-likeness (QED) is 0.846. The Morgan fingerprint density at radius 3 is 2.94 bits per heavy atom. The minimum atomic E-state index is 0.770. The van der Waals surface area contributed by atoms with Crippen molar-refractivity contribution in [1.82, 2.24) is 10.3 Å². The van der Waals surface area contributed by atoms with Gasteiger partial charge >= 0.3 is 0 Å². The molecular formula is C14H16N2. The summed E-state index contributed by atoms with van der Waals surface area (Å²) in [6.07, 6.45) is 2.68. The summed E-state index contributed by atoms with van der Waals surface area (Å²) in [5.41, 5.74) is 3.52. The van der Waals surface area contributed by atoms with Gasteiger partial charge in [0, 0.05) is 23.7 Å². The second-order valence-electron chi connectivity index (χ2n) is 4.63. The van der Waals surface area contributed by atoms with E-state index in [1.807, 2.05) is 6.92 Å². The van der Waals surface area contributed by atoms with Gasteiger partial charge in [-0.2, -0.15) is 0 Å². The van der Waals surface area contributed by atoms with Crippen LogP contribution in [0.5, 0.6) is 0 Å². The lowest BCUT2D eigenvalue weighted by Gasteiger charge is -2.05. The largest absolute Gasteiger partial charge is 0.310 e. The van der Waals surface area contributed by atoms with Gasteiger partial charge in [-0.1, -0.05) is 12.1 Å². The van der Waals surface area contributed by atoms with Gasteiger partial charge in [0.15, 0.2) is 0 Å². The van der Waals surface area contributed by atoms with Crippen molar-refractivity contribution in [2.24, 2.45) is 0 Å². The molecule has 2 aromatic rings. The van der Waals surface area contributed by atoms with Crippen LogP contribution in [0, 0.1) is 6.92 Å². The van der Waals surface area contributed by atoms with Gasteiger partial charge in [-0.25, -0.2) is 0 Å². The van der Waals surface area contributed by atoms with Crippen LogP contribution in [0.15, 0.2) is 30.3 Å². The van der Waals surface area contributed by atoms with Crippen molar-refractivity contribution in [3.63, 3.8) is 0 Å². The van der Waals surface area contributed by atoms with Gasteiger partial charge in [-0.05, 0) is 43.5 Å². The zero-order valence-corrected chi connectivity index (χ0v) is 9.53. The molecule has 2 nitrogen and oxygen atoms in total. The van der Waals surface area contributed by atoms with E-state index in [9.17, 15) is 0 Å². The van der Waals surface area contributed by atoms with Crippen molar-refractivity contribution in [2.45, 2.75) is 32.4 Å². The highest BCUT2D eigenvalue weighted by atomic mass is 14.9. The van der Waals surface area contributed by atoms with Crippen LogP contribution in [-0.2, 0) is 6.54 Å². The Morgan fingerprint density at radius 2 is 2.12 bits per heavy atom. The number of pyridine rings is 1. The lowest BCUT2D eigenvalue weighted by molar-refractivity contribution is 0.688. The summed E-state index contributed by atoms with van der Waals surface area (Å²) in [5, 5.41) is 4.77. The zero-order valence-electron chi connectivity index (χ0n) is 9.53. The Hall–Kier alpha value is -1.41. The van der Waals surface area contributed by atoms with Crippen molar-refractivity contribution in [1.29, 1.82) is 0 Å². The van der Waals surface area contributed by atoms with Crippen LogP contribution in [0.4, 0.5) is 0 Å². The first-order valence-electron chi connectivity index (χ1n) is 5.91. The van der Waals surface area contributed by atoms with Crippen LogP contribution >= 0.6 is 0 Å². The molecule has 0 radical (unpaired) electrons. The number of aryl methyl sites for hydroxylation is 1. The molecule has 0 amide bonds. The summed E-state index contributed by atoms with van der Waals surface area (Å²) in [6.45, 7) is 3.01. The zero-order chi connectivity index (χ0) is 11.0. The Bertz CT molecular complexity index is 515. The molecule has 1 heterocycles. The average Bonchev–Trinajstić information content (AvgIpc) is 3.10. The van der Waals surface area contributed by atoms with Crippen molar-refractivity contribution in [2.75, 3.05) is 0 Å². The summed E-state index contributed by atoms with van der Waals surface area (Å²) in [6, 6.07) is 11.5. The van der Waals surface area contributed by atoms with Crippen molar-refractivity contribution in [3.05, 3.63) is 41.6 Å². The van der Waals surface area contributed by atoms with Crippen LogP contribution in [0.2, 0.25) is 0 Å². The summed E-state index contributed by atoms with van der Waals surface area (Å²) in [4.78, 5) is 4.50. The molecule has 1 aromatic carbocycles. The van der Waals surface area contributed by atoms with Gasteiger partial charge < -0.3 is 5.32 Å². The fraction of sp³-hybridized carbons (Fsp3) is 0.357. The first-order chi connectivity index (χ1) is 7.81. The van der Waals surface area contributed by atoms with Gasteiger partial charge in [-0.3, -0.25) is 4.98 Å². The molecule has 82 valence electrons. The Labute approximate surface area is 95.7 Å². The van der Waals surface area contributed by atoms with Gasteiger partial charge in [0.05, 0.1) is 5.52 Å². The molecule has 3 rings (SSSR count). The molecule has 1 aliphatic rings. The van der Waals surface area contributed by atoms with E-state index in [0.29, 0.717) is 0 Å².